The highest BCUT2D eigenvalue weighted by Crippen LogP contribution is 2.35. The molecule has 3 heterocycles. The third-order valence-electron chi connectivity index (χ3n) is 3.76. The predicted octanol–water partition coefficient (Wildman–Crippen LogP) is 6.24. The van der Waals surface area contributed by atoms with Gasteiger partial charge in [-0.2, -0.15) is 0 Å². The topological polar surface area (TPSA) is 15.3 Å². The van der Waals surface area contributed by atoms with Crippen molar-refractivity contribution in [3.05, 3.63) is 91.4 Å². The Kier molecular flexibility index (Phi) is 4.56. The fourth-order valence-corrected chi connectivity index (χ4v) is 4.45. The Morgan fingerprint density at radius 1 is 1.00 bits per heavy atom. The molecule has 2 aromatic heterocycles. The summed E-state index contributed by atoms with van der Waals surface area (Å²) in [5.41, 5.74) is 5.78. The first-order valence-corrected chi connectivity index (χ1v) is 10.1. The first kappa shape index (κ1) is 15.7. The van der Waals surface area contributed by atoms with Crippen molar-refractivity contribution in [3.8, 4) is 0 Å². The van der Waals surface area contributed by atoms with Gasteiger partial charge in [0.05, 0.1) is 11.4 Å². The van der Waals surface area contributed by atoms with Crippen molar-refractivity contribution in [2.75, 3.05) is 5.01 Å². The smallest absolute Gasteiger partial charge is 0.105 e. The van der Waals surface area contributed by atoms with E-state index in [4.69, 9.17) is 0 Å². The van der Waals surface area contributed by atoms with Gasteiger partial charge in [-0.1, -0.05) is 34.1 Å². The van der Waals surface area contributed by atoms with Crippen molar-refractivity contribution < 1.29 is 0 Å². The zero-order valence-corrected chi connectivity index (χ0v) is 15.9. The Balaban J connectivity index is 1.65. The molecule has 1 aliphatic heterocycles. The van der Waals surface area contributed by atoms with Crippen LogP contribution in [0.1, 0.15) is 15.8 Å². The largest absolute Gasteiger partial charge is 0.298 e. The van der Waals surface area contributed by atoms with Crippen molar-refractivity contribution >= 4 is 50.4 Å². The van der Waals surface area contributed by atoms with Gasteiger partial charge in [-0.15, -0.1) is 22.7 Å². The summed E-state index contributed by atoms with van der Waals surface area (Å²) in [5, 5.41) is 6.44. The van der Waals surface area contributed by atoms with Crippen molar-refractivity contribution in [3.63, 3.8) is 0 Å². The second-order valence-electron chi connectivity index (χ2n) is 5.39. The van der Waals surface area contributed by atoms with Crippen LogP contribution in [-0.4, -0.2) is 0 Å². The molecule has 1 N–H and O–H groups in total. The molecule has 1 aromatic carbocycles. The fourth-order valence-electron chi connectivity index (χ4n) is 2.66. The normalized spacial score (nSPS) is 17.3. The molecule has 0 radical (unpaired) electrons. The summed E-state index contributed by atoms with van der Waals surface area (Å²) in [6.45, 7) is 0. The molecule has 1 atom stereocenters. The van der Waals surface area contributed by atoms with E-state index in [-0.39, 0.29) is 6.04 Å². The third kappa shape index (κ3) is 3.34. The molecule has 2 nitrogen and oxygen atoms in total. The molecule has 0 saturated heterocycles. The number of hydrogen-bond donors (Lipinski definition) is 1. The SMILES string of the molecule is Brc1cccc(N2NC(/C=C/c3cccs3)=C[C@@H]2c2cccs2)c1. The highest BCUT2D eigenvalue weighted by molar-refractivity contribution is 9.10. The van der Waals surface area contributed by atoms with Gasteiger partial charge in [-0.3, -0.25) is 10.4 Å². The molecule has 0 bridgehead atoms. The van der Waals surface area contributed by atoms with E-state index in [0.717, 1.165) is 15.9 Å². The van der Waals surface area contributed by atoms with E-state index in [1.807, 2.05) is 6.07 Å². The van der Waals surface area contributed by atoms with Crippen LogP contribution in [0, 0.1) is 0 Å². The van der Waals surface area contributed by atoms with Crippen LogP contribution in [0.3, 0.4) is 0 Å². The number of hydrogen-bond acceptors (Lipinski definition) is 4. The lowest BCUT2D eigenvalue weighted by atomic mass is 10.2. The monoisotopic (exact) mass is 414 g/mol. The van der Waals surface area contributed by atoms with E-state index >= 15 is 0 Å². The van der Waals surface area contributed by atoms with Gasteiger partial charge >= 0.3 is 0 Å². The number of hydrazine groups is 1. The van der Waals surface area contributed by atoms with Gasteiger partial charge in [-0.05, 0) is 59.3 Å². The van der Waals surface area contributed by atoms with E-state index in [2.05, 4.69) is 97.8 Å². The van der Waals surface area contributed by atoms with Crippen LogP contribution in [0.15, 0.2) is 81.6 Å². The van der Waals surface area contributed by atoms with Crippen molar-refractivity contribution in [2.24, 2.45) is 0 Å². The van der Waals surface area contributed by atoms with Gasteiger partial charge in [0.15, 0.2) is 0 Å². The maximum Gasteiger partial charge on any atom is 0.105 e. The lowest BCUT2D eigenvalue weighted by Crippen LogP contribution is -2.33. The van der Waals surface area contributed by atoms with E-state index < -0.39 is 0 Å². The van der Waals surface area contributed by atoms with Crippen molar-refractivity contribution in [1.82, 2.24) is 5.43 Å². The Morgan fingerprint density at radius 3 is 2.62 bits per heavy atom. The molecular formula is C19H15BrN2S2. The van der Waals surface area contributed by atoms with E-state index in [9.17, 15) is 0 Å². The average Bonchev–Trinajstić information content (AvgIpc) is 3.33. The van der Waals surface area contributed by atoms with Gasteiger partial charge in [0.2, 0.25) is 0 Å². The Hall–Kier alpha value is -1.82. The van der Waals surface area contributed by atoms with Gasteiger partial charge in [0, 0.05) is 14.2 Å². The highest BCUT2D eigenvalue weighted by atomic mass is 79.9. The molecule has 0 fully saturated rings. The summed E-state index contributed by atoms with van der Waals surface area (Å²) in [6, 6.07) is 17.0. The standard InChI is InChI=1S/C19H15BrN2S2/c20-14-4-1-5-16(12-14)22-18(19-7-3-11-24-19)13-15(21-22)8-9-17-6-2-10-23-17/h1-13,18,21H/b9-8+/t18-/m1/s1. The number of allylic oxidation sites excluding steroid dienone is 1. The first-order chi connectivity index (χ1) is 11.8. The molecule has 0 aliphatic carbocycles. The van der Waals surface area contributed by atoms with Crippen LogP contribution >= 0.6 is 38.6 Å². The molecule has 120 valence electrons. The Bertz CT molecular complexity index is 867. The van der Waals surface area contributed by atoms with Crippen LogP contribution in [0.4, 0.5) is 5.69 Å². The average molecular weight is 415 g/mol. The molecule has 24 heavy (non-hydrogen) atoms. The summed E-state index contributed by atoms with van der Waals surface area (Å²) in [4.78, 5) is 2.58. The van der Waals surface area contributed by atoms with Gasteiger partial charge in [0.1, 0.15) is 6.04 Å². The third-order valence-corrected chi connectivity index (χ3v) is 6.03. The van der Waals surface area contributed by atoms with Gasteiger partial charge in [0.25, 0.3) is 0 Å². The summed E-state index contributed by atoms with van der Waals surface area (Å²) < 4.78 is 1.08. The van der Waals surface area contributed by atoms with Crippen molar-refractivity contribution in [1.29, 1.82) is 0 Å². The number of halogens is 1. The quantitative estimate of drug-likeness (QED) is 0.543. The molecule has 4 rings (SSSR count). The summed E-state index contributed by atoms with van der Waals surface area (Å²) >= 11 is 7.09. The molecule has 5 heteroatoms. The Labute approximate surface area is 157 Å². The van der Waals surface area contributed by atoms with Crippen LogP contribution in [0.5, 0.6) is 0 Å². The molecule has 0 unspecified atom stereocenters. The molecule has 1 aliphatic rings. The van der Waals surface area contributed by atoms with E-state index in [1.165, 1.54) is 9.75 Å². The maximum absolute atomic E-state index is 3.57. The number of rotatable bonds is 4. The molecule has 0 amide bonds. The molecular weight excluding hydrogens is 400 g/mol. The summed E-state index contributed by atoms with van der Waals surface area (Å²) in [7, 11) is 0. The first-order valence-electron chi connectivity index (χ1n) is 7.58. The van der Waals surface area contributed by atoms with Crippen LogP contribution in [0.2, 0.25) is 0 Å². The number of benzene rings is 1. The number of nitrogens with zero attached hydrogens (tertiary/aromatic N) is 1. The second-order valence-corrected chi connectivity index (χ2v) is 8.27. The minimum absolute atomic E-state index is 0.197. The second kappa shape index (κ2) is 6.97. The number of nitrogens with one attached hydrogen (secondary N) is 1. The fraction of sp³-hybridized carbons (Fsp3) is 0.0526. The lowest BCUT2D eigenvalue weighted by Gasteiger charge is -2.26. The zero-order valence-electron chi connectivity index (χ0n) is 12.7. The number of anilines is 1. The minimum Gasteiger partial charge on any atom is -0.298 e. The molecule has 0 spiro atoms. The summed E-state index contributed by atoms with van der Waals surface area (Å²) in [5.74, 6) is 0. The Morgan fingerprint density at radius 2 is 1.88 bits per heavy atom. The van der Waals surface area contributed by atoms with Crippen LogP contribution < -0.4 is 10.4 Å². The van der Waals surface area contributed by atoms with Crippen LogP contribution in [0.25, 0.3) is 6.08 Å². The van der Waals surface area contributed by atoms with E-state index in [0.29, 0.717) is 0 Å². The van der Waals surface area contributed by atoms with E-state index in [1.54, 1.807) is 22.7 Å². The highest BCUT2D eigenvalue weighted by Gasteiger charge is 2.26. The van der Waals surface area contributed by atoms with Gasteiger partial charge in [-0.25, -0.2) is 0 Å². The van der Waals surface area contributed by atoms with Crippen LogP contribution in [-0.2, 0) is 0 Å². The minimum atomic E-state index is 0.197. The van der Waals surface area contributed by atoms with Crippen molar-refractivity contribution in [2.45, 2.75) is 6.04 Å². The molecule has 3 aromatic rings. The zero-order chi connectivity index (χ0) is 16.4. The van der Waals surface area contributed by atoms with Gasteiger partial charge < -0.3 is 0 Å². The number of thiophene rings is 2. The predicted molar refractivity (Wildman–Crippen MR) is 108 cm³/mol. The molecule has 0 saturated carbocycles. The maximum atomic E-state index is 3.57. The summed E-state index contributed by atoms with van der Waals surface area (Å²) in [6.07, 6.45) is 6.57. The lowest BCUT2D eigenvalue weighted by molar-refractivity contribution is 0.718.